The molecule has 2 rings (SSSR count). The maximum Gasteiger partial charge on any atom is 0.189 e. The van der Waals surface area contributed by atoms with Crippen LogP contribution in [0.3, 0.4) is 0 Å². The molecule has 2 aromatic rings. The first-order valence-corrected chi connectivity index (χ1v) is 6.44. The van der Waals surface area contributed by atoms with Crippen molar-refractivity contribution in [2.75, 3.05) is 6.54 Å². The molecule has 1 aromatic heterocycles. The third-order valence-corrected chi connectivity index (χ3v) is 2.65. The van der Waals surface area contributed by atoms with E-state index < -0.39 is 0 Å². The van der Waals surface area contributed by atoms with E-state index in [9.17, 15) is 0 Å². The Bertz CT molecular complexity index is 577. The number of nitrogens with zero attached hydrogens (tertiary/aromatic N) is 3. The third-order valence-electron chi connectivity index (χ3n) is 2.65. The van der Waals surface area contributed by atoms with Gasteiger partial charge in [-0.1, -0.05) is 12.1 Å². The van der Waals surface area contributed by atoms with Crippen LogP contribution in [0, 0.1) is 0 Å². The average Bonchev–Trinajstić information content (AvgIpc) is 2.70. The van der Waals surface area contributed by atoms with Gasteiger partial charge in [-0.25, -0.2) is 4.98 Å². The smallest absolute Gasteiger partial charge is 0.189 e. The molecule has 5 heteroatoms. The minimum Gasteiger partial charge on any atom is -0.370 e. The maximum absolute atomic E-state index is 5.83. The van der Waals surface area contributed by atoms with Crippen molar-refractivity contribution < 1.29 is 0 Å². The Balaban J connectivity index is 1.98. The van der Waals surface area contributed by atoms with E-state index in [0.717, 1.165) is 17.6 Å². The molecule has 0 saturated carbocycles. The molecule has 0 spiro atoms. The van der Waals surface area contributed by atoms with Crippen LogP contribution in [-0.4, -0.2) is 27.6 Å². The van der Waals surface area contributed by atoms with E-state index in [1.807, 2.05) is 24.5 Å². The molecule has 0 aliphatic rings. The zero-order valence-electron chi connectivity index (χ0n) is 11.7. The van der Waals surface area contributed by atoms with E-state index in [1.54, 1.807) is 0 Å². The van der Waals surface area contributed by atoms with Crippen molar-refractivity contribution >= 4 is 17.0 Å². The quantitative estimate of drug-likeness (QED) is 0.651. The number of guanidine groups is 1. The summed E-state index contributed by atoms with van der Waals surface area (Å²) in [6, 6.07) is 8.07. The van der Waals surface area contributed by atoms with E-state index in [1.165, 1.54) is 0 Å². The van der Waals surface area contributed by atoms with Gasteiger partial charge in [0.1, 0.15) is 0 Å². The lowest BCUT2D eigenvalue weighted by Crippen LogP contribution is -2.45. The molecule has 0 atom stereocenters. The molecule has 102 valence electrons. The molecule has 0 aliphatic heterocycles. The molecule has 1 heterocycles. The molecule has 0 saturated heterocycles. The number of benzene rings is 1. The Hall–Kier alpha value is -2.04. The van der Waals surface area contributed by atoms with Crippen LogP contribution in [0.25, 0.3) is 11.0 Å². The van der Waals surface area contributed by atoms with Gasteiger partial charge in [0, 0.05) is 12.1 Å². The molecule has 0 amide bonds. The molecule has 0 unspecified atom stereocenters. The topological polar surface area (TPSA) is 68.2 Å². The number of fused-ring (bicyclic) bond motifs is 1. The first-order chi connectivity index (χ1) is 8.96. The monoisotopic (exact) mass is 259 g/mol. The average molecular weight is 259 g/mol. The van der Waals surface area contributed by atoms with Gasteiger partial charge < -0.3 is 15.6 Å². The molecule has 0 bridgehead atoms. The SMILES string of the molecule is CC(C)(C)NC(N)=NCCn1cnc2ccccc21. The normalized spacial score (nSPS) is 12.9. The van der Waals surface area contributed by atoms with Gasteiger partial charge in [-0.2, -0.15) is 0 Å². The number of aromatic nitrogens is 2. The lowest BCUT2D eigenvalue weighted by molar-refractivity contribution is 0.507. The van der Waals surface area contributed by atoms with Crippen LogP contribution >= 0.6 is 0 Å². The summed E-state index contributed by atoms with van der Waals surface area (Å²) in [5.74, 6) is 0.483. The highest BCUT2D eigenvalue weighted by molar-refractivity contribution is 5.78. The van der Waals surface area contributed by atoms with Gasteiger partial charge in [-0.3, -0.25) is 4.99 Å². The summed E-state index contributed by atoms with van der Waals surface area (Å²) < 4.78 is 2.09. The molecule has 1 aromatic carbocycles. The highest BCUT2D eigenvalue weighted by Crippen LogP contribution is 2.11. The van der Waals surface area contributed by atoms with Crippen molar-refractivity contribution in [2.24, 2.45) is 10.7 Å². The van der Waals surface area contributed by atoms with Crippen LogP contribution in [0.2, 0.25) is 0 Å². The van der Waals surface area contributed by atoms with Crippen molar-refractivity contribution in [1.82, 2.24) is 14.9 Å². The Labute approximate surface area is 113 Å². The highest BCUT2D eigenvalue weighted by atomic mass is 15.1. The van der Waals surface area contributed by atoms with Crippen LogP contribution in [0.4, 0.5) is 0 Å². The van der Waals surface area contributed by atoms with Crippen LogP contribution < -0.4 is 11.1 Å². The molecule has 3 N–H and O–H groups in total. The summed E-state index contributed by atoms with van der Waals surface area (Å²) in [6.45, 7) is 7.57. The Morgan fingerprint density at radius 3 is 2.84 bits per heavy atom. The summed E-state index contributed by atoms with van der Waals surface area (Å²) >= 11 is 0. The number of nitrogens with two attached hydrogens (primary N) is 1. The third kappa shape index (κ3) is 3.71. The molecule has 0 fully saturated rings. The molecule has 0 radical (unpaired) electrons. The number of hydrogen-bond acceptors (Lipinski definition) is 2. The summed E-state index contributed by atoms with van der Waals surface area (Å²) in [5, 5.41) is 3.14. The minimum absolute atomic E-state index is 0.0602. The largest absolute Gasteiger partial charge is 0.370 e. The van der Waals surface area contributed by atoms with Crippen LogP contribution in [-0.2, 0) is 6.54 Å². The zero-order valence-corrected chi connectivity index (χ0v) is 11.7. The molecule has 19 heavy (non-hydrogen) atoms. The Morgan fingerprint density at radius 2 is 2.11 bits per heavy atom. The van der Waals surface area contributed by atoms with Crippen LogP contribution in [0.1, 0.15) is 20.8 Å². The second kappa shape index (κ2) is 5.30. The minimum atomic E-state index is -0.0602. The van der Waals surface area contributed by atoms with Crippen LogP contribution in [0.5, 0.6) is 0 Å². The fourth-order valence-electron chi connectivity index (χ4n) is 1.89. The number of aliphatic imine (C=N–C) groups is 1. The first kappa shape index (κ1) is 13.4. The van der Waals surface area contributed by atoms with E-state index >= 15 is 0 Å². The van der Waals surface area contributed by atoms with Crippen molar-refractivity contribution in [2.45, 2.75) is 32.9 Å². The van der Waals surface area contributed by atoms with E-state index in [-0.39, 0.29) is 5.54 Å². The zero-order chi connectivity index (χ0) is 13.9. The van der Waals surface area contributed by atoms with Crippen molar-refractivity contribution in [3.05, 3.63) is 30.6 Å². The van der Waals surface area contributed by atoms with Gasteiger partial charge in [0.15, 0.2) is 5.96 Å². The predicted molar refractivity (Wildman–Crippen MR) is 79.1 cm³/mol. The Morgan fingerprint density at radius 1 is 1.37 bits per heavy atom. The fourth-order valence-corrected chi connectivity index (χ4v) is 1.89. The summed E-state index contributed by atoms with van der Waals surface area (Å²) in [6.07, 6.45) is 1.84. The summed E-state index contributed by atoms with van der Waals surface area (Å²) in [5.41, 5.74) is 7.90. The van der Waals surface area contributed by atoms with Crippen molar-refractivity contribution in [1.29, 1.82) is 0 Å². The number of rotatable bonds is 3. The number of nitrogens with one attached hydrogen (secondary N) is 1. The Kier molecular flexibility index (Phi) is 3.74. The van der Waals surface area contributed by atoms with Gasteiger partial charge in [0.2, 0.25) is 0 Å². The molecule has 5 nitrogen and oxygen atoms in total. The first-order valence-electron chi connectivity index (χ1n) is 6.44. The molecule has 0 aliphatic carbocycles. The number of para-hydroxylation sites is 2. The van der Waals surface area contributed by atoms with Crippen molar-refractivity contribution in [3.63, 3.8) is 0 Å². The molecular formula is C14H21N5. The van der Waals surface area contributed by atoms with Gasteiger partial charge in [-0.15, -0.1) is 0 Å². The second-order valence-corrected chi connectivity index (χ2v) is 5.57. The lowest BCUT2D eigenvalue weighted by atomic mass is 10.1. The summed E-state index contributed by atoms with van der Waals surface area (Å²) in [7, 11) is 0. The van der Waals surface area contributed by atoms with Gasteiger partial charge in [0.05, 0.1) is 23.9 Å². The molecular weight excluding hydrogens is 238 g/mol. The van der Waals surface area contributed by atoms with E-state index in [4.69, 9.17) is 5.73 Å². The predicted octanol–water partition coefficient (Wildman–Crippen LogP) is 1.74. The number of hydrogen-bond donors (Lipinski definition) is 2. The van der Waals surface area contributed by atoms with Crippen molar-refractivity contribution in [3.8, 4) is 0 Å². The van der Waals surface area contributed by atoms with Crippen LogP contribution in [0.15, 0.2) is 35.6 Å². The van der Waals surface area contributed by atoms with E-state index in [0.29, 0.717) is 12.5 Å². The van der Waals surface area contributed by atoms with Gasteiger partial charge in [0.25, 0.3) is 0 Å². The fraction of sp³-hybridized carbons (Fsp3) is 0.429. The standard InChI is InChI=1S/C14H21N5/c1-14(2,3)18-13(15)16-8-9-19-10-17-11-6-4-5-7-12(11)19/h4-7,10H,8-9H2,1-3H3,(H3,15,16,18). The number of imidazole rings is 1. The maximum atomic E-state index is 5.83. The second-order valence-electron chi connectivity index (χ2n) is 5.57. The van der Waals surface area contributed by atoms with Gasteiger partial charge >= 0.3 is 0 Å². The highest BCUT2D eigenvalue weighted by Gasteiger charge is 2.09. The lowest BCUT2D eigenvalue weighted by Gasteiger charge is -2.21. The van der Waals surface area contributed by atoms with Gasteiger partial charge in [-0.05, 0) is 32.9 Å². The van der Waals surface area contributed by atoms with E-state index in [2.05, 4.69) is 46.7 Å². The summed E-state index contributed by atoms with van der Waals surface area (Å²) in [4.78, 5) is 8.67.